The predicted molar refractivity (Wildman–Crippen MR) is 89.1 cm³/mol. The maximum Gasteiger partial charge on any atom is 0.417 e. The van der Waals surface area contributed by atoms with Crippen LogP contribution in [0.5, 0.6) is 0 Å². The molecule has 1 saturated heterocycles. The Labute approximate surface area is 154 Å². The van der Waals surface area contributed by atoms with Gasteiger partial charge in [0, 0.05) is 24.2 Å². The lowest BCUT2D eigenvalue weighted by Gasteiger charge is -2.32. The lowest BCUT2D eigenvalue weighted by Crippen LogP contribution is -2.46. The molecule has 1 N–H and O–H groups in total. The van der Waals surface area contributed by atoms with Crippen molar-refractivity contribution in [3.8, 4) is 0 Å². The Morgan fingerprint density at radius 2 is 1.92 bits per heavy atom. The summed E-state index contributed by atoms with van der Waals surface area (Å²) in [4.78, 5) is 11.4. The first kappa shape index (κ1) is 19.4. The summed E-state index contributed by atoms with van der Waals surface area (Å²) in [6.45, 7) is -0.0454. The fraction of sp³-hybridized carbons (Fsp3) is 0.562. The number of halogens is 4. The highest BCUT2D eigenvalue weighted by molar-refractivity contribution is 7.89. The summed E-state index contributed by atoms with van der Waals surface area (Å²) in [6, 6.07) is 2.73. The number of piperidine rings is 1. The third-order valence-electron chi connectivity index (χ3n) is 4.54. The average molecular weight is 411 g/mol. The van der Waals surface area contributed by atoms with E-state index in [0.717, 1.165) is 29.3 Å². The topological polar surface area (TPSA) is 66.5 Å². The van der Waals surface area contributed by atoms with Gasteiger partial charge in [-0.25, -0.2) is 8.42 Å². The first-order chi connectivity index (χ1) is 12.1. The van der Waals surface area contributed by atoms with Crippen LogP contribution in [-0.4, -0.2) is 37.8 Å². The number of benzene rings is 1. The highest BCUT2D eigenvalue weighted by Gasteiger charge is 2.41. The van der Waals surface area contributed by atoms with Crippen LogP contribution in [-0.2, 0) is 21.0 Å². The summed E-state index contributed by atoms with van der Waals surface area (Å²) in [6.07, 6.45) is -2.12. The number of carbonyl (C=O) groups excluding carboxylic acids is 1. The Morgan fingerprint density at radius 1 is 1.23 bits per heavy atom. The van der Waals surface area contributed by atoms with Crippen molar-refractivity contribution in [3.63, 3.8) is 0 Å². The molecule has 0 radical (unpaired) electrons. The van der Waals surface area contributed by atoms with Crippen molar-refractivity contribution in [2.24, 2.45) is 5.92 Å². The van der Waals surface area contributed by atoms with Crippen LogP contribution < -0.4 is 5.32 Å². The molecule has 144 valence electrons. The number of hydrogen-bond acceptors (Lipinski definition) is 3. The third-order valence-corrected chi connectivity index (χ3v) is 6.70. The molecule has 5 nitrogen and oxygen atoms in total. The van der Waals surface area contributed by atoms with E-state index in [1.165, 1.54) is 0 Å². The molecule has 1 heterocycles. The van der Waals surface area contributed by atoms with E-state index >= 15 is 0 Å². The molecule has 26 heavy (non-hydrogen) atoms. The Morgan fingerprint density at radius 3 is 2.54 bits per heavy atom. The molecule has 1 amide bonds. The van der Waals surface area contributed by atoms with Crippen molar-refractivity contribution < 1.29 is 26.4 Å². The van der Waals surface area contributed by atoms with Gasteiger partial charge >= 0.3 is 6.18 Å². The van der Waals surface area contributed by atoms with E-state index in [4.69, 9.17) is 11.6 Å². The fourth-order valence-electron chi connectivity index (χ4n) is 3.01. The van der Waals surface area contributed by atoms with Gasteiger partial charge in [0.15, 0.2) is 0 Å². The van der Waals surface area contributed by atoms with E-state index in [2.05, 4.69) is 5.32 Å². The molecular formula is C16H18ClF3N2O3S. The number of amides is 1. The summed E-state index contributed by atoms with van der Waals surface area (Å²) in [5, 5.41) is 2.62. The molecule has 3 rings (SSSR count). The van der Waals surface area contributed by atoms with Gasteiger partial charge in [-0.15, -0.1) is 0 Å². The highest BCUT2D eigenvalue weighted by atomic mass is 35.5. The molecule has 0 unspecified atom stereocenters. The molecule has 10 heteroatoms. The molecule has 1 saturated carbocycles. The molecule has 0 spiro atoms. The Kier molecular flexibility index (Phi) is 5.24. The van der Waals surface area contributed by atoms with Crippen LogP contribution in [0.25, 0.3) is 0 Å². The van der Waals surface area contributed by atoms with Gasteiger partial charge < -0.3 is 5.32 Å². The van der Waals surface area contributed by atoms with Gasteiger partial charge in [-0.05, 0) is 43.9 Å². The zero-order valence-electron chi connectivity index (χ0n) is 13.7. The van der Waals surface area contributed by atoms with Crippen molar-refractivity contribution in [3.05, 3.63) is 28.8 Å². The largest absolute Gasteiger partial charge is 0.417 e. The fourth-order valence-corrected chi connectivity index (χ4v) is 4.90. The van der Waals surface area contributed by atoms with Crippen LogP contribution in [0.1, 0.15) is 31.2 Å². The number of sulfonamides is 1. The monoisotopic (exact) mass is 410 g/mol. The van der Waals surface area contributed by atoms with Crippen molar-refractivity contribution in [1.82, 2.24) is 9.62 Å². The summed E-state index contributed by atoms with van der Waals surface area (Å²) in [5.41, 5.74) is -1.30. The Bertz CT molecular complexity index is 809. The molecule has 1 atom stereocenters. The minimum atomic E-state index is -4.86. The van der Waals surface area contributed by atoms with E-state index in [9.17, 15) is 26.4 Å². The number of carbonyl (C=O) groups is 1. The molecular weight excluding hydrogens is 393 g/mol. The zero-order chi connectivity index (χ0) is 19.1. The SMILES string of the molecule is O=C(NC1CC1)[C@@H]1CCCN(S(=O)(=O)c2ccc(Cl)cc2C(F)(F)F)C1. The number of nitrogens with zero attached hydrogens (tertiary/aromatic N) is 1. The minimum Gasteiger partial charge on any atom is -0.353 e. The molecule has 1 aliphatic carbocycles. The van der Waals surface area contributed by atoms with Crippen molar-refractivity contribution in [1.29, 1.82) is 0 Å². The van der Waals surface area contributed by atoms with Crippen LogP contribution in [0.4, 0.5) is 13.2 Å². The van der Waals surface area contributed by atoms with Gasteiger partial charge in [-0.2, -0.15) is 17.5 Å². The normalized spacial score (nSPS) is 22.2. The van der Waals surface area contributed by atoms with Crippen LogP contribution in [0.2, 0.25) is 5.02 Å². The van der Waals surface area contributed by atoms with E-state index in [1.807, 2.05) is 0 Å². The lowest BCUT2D eigenvalue weighted by molar-refractivity contribution is -0.140. The van der Waals surface area contributed by atoms with Crippen LogP contribution in [0.15, 0.2) is 23.1 Å². The van der Waals surface area contributed by atoms with Crippen LogP contribution >= 0.6 is 11.6 Å². The molecule has 1 aliphatic heterocycles. The van der Waals surface area contributed by atoms with Crippen LogP contribution in [0.3, 0.4) is 0 Å². The van der Waals surface area contributed by atoms with E-state index in [1.54, 1.807) is 0 Å². The van der Waals surface area contributed by atoms with Gasteiger partial charge in [-0.1, -0.05) is 11.6 Å². The maximum absolute atomic E-state index is 13.3. The smallest absolute Gasteiger partial charge is 0.353 e. The number of nitrogens with one attached hydrogen (secondary N) is 1. The van der Waals surface area contributed by atoms with E-state index in [0.29, 0.717) is 18.9 Å². The first-order valence-electron chi connectivity index (χ1n) is 8.26. The van der Waals surface area contributed by atoms with Crippen molar-refractivity contribution >= 4 is 27.5 Å². The molecule has 0 aromatic heterocycles. The number of hydrogen-bond donors (Lipinski definition) is 1. The molecule has 1 aromatic rings. The Hall–Kier alpha value is -1.32. The second kappa shape index (κ2) is 7.01. The molecule has 2 fully saturated rings. The van der Waals surface area contributed by atoms with Gasteiger partial charge in [0.05, 0.1) is 16.4 Å². The third kappa shape index (κ3) is 4.15. The molecule has 1 aromatic carbocycles. The second-order valence-electron chi connectivity index (χ2n) is 6.62. The summed E-state index contributed by atoms with van der Waals surface area (Å²) >= 11 is 5.62. The van der Waals surface area contributed by atoms with Gasteiger partial charge in [0.25, 0.3) is 0 Å². The maximum atomic E-state index is 13.3. The predicted octanol–water partition coefficient (Wildman–Crippen LogP) is 3.04. The molecule has 2 aliphatic rings. The average Bonchev–Trinajstić information content (AvgIpc) is 3.38. The number of alkyl halides is 3. The Balaban J connectivity index is 1.86. The van der Waals surface area contributed by atoms with Crippen LogP contribution in [0, 0.1) is 5.92 Å². The standard InChI is InChI=1S/C16H18ClF3N2O3S/c17-11-3-6-14(13(8-11)16(18,19)20)26(24,25)22-7-1-2-10(9-22)15(23)21-12-4-5-12/h3,6,8,10,12H,1-2,4-5,7,9H2,(H,21,23)/t10-/m1/s1. The summed E-state index contributed by atoms with van der Waals surface area (Å²) in [5.74, 6) is -0.791. The van der Waals surface area contributed by atoms with Gasteiger partial charge in [0.1, 0.15) is 0 Å². The first-order valence-corrected chi connectivity index (χ1v) is 10.1. The second-order valence-corrected chi connectivity index (χ2v) is 8.97. The number of rotatable bonds is 4. The highest BCUT2D eigenvalue weighted by Crippen LogP contribution is 2.37. The molecule has 0 bridgehead atoms. The van der Waals surface area contributed by atoms with Gasteiger partial charge in [0.2, 0.25) is 15.9 Å². The summed E-state index contributed by atoms with van der Waals surface area (Å²) in [7, 11) is -4.40. The quantitative estimate of drug-likeness (QED) is 0.829. The zero-order valence-corrected chi connectivity index (χ0v) is 15.3. The minimum absolute atomic E-state index is 0.0788. The van der Waals surface area contributed by atoms with Gasteiger partial charge in [-0.3, -0.25) is 4.79 Å². The lowest BCUT2D eigenvalue weighted by atomic mass is 9.99. The van der Waals surface area contributed by atoms with E-state index < -0.39 is 32.6 Å². The van der Waals surface area contributed by atoms with E-state index in [-0.39, 0.29) is 30.1 Å². The van der Waals surface area contributed by atoms with Crippen molar-refractivity contribution in [2.75, 3.05) is 13.1 Å². The van der Waals surface area contributed by atoms with Crippen molar-refractivity contribution in [2.45, 2.75) is 42.8 Å². The summed E-state index contributed by atoms with van der Waals surface area (Å²) < 4.78 is 66.4.